The molecule has 4 nitrogen and oxygen atoms in total. The highest BCUT2D eigenvalue weighted by atomic mass is 32.2. The van der Waals surface area contributed by atoms with E-state index in [2.05, 4.69) is 38.5 Å². The molecule has 0 bridgehead atoms. The van der Waals surface area contributed by atoms with Crippen LogP contribution < -0.4 is 5.32 Å². The zero-order valence-electron chi connectivity index (χ0n) is 10.7. The lowest BCUT2D eigenvalue weighted by Crippen LogP contribution is -2.04. The third-order valence-electron chi connectivity index (χ3n) is 3.17. The molecule has 2 aliphatic heterocycles. The van der Waals surface area contributed by atoms with E-state index >= 15 is 0 Å². The molecular formula is C14H12N4S2. The summed E-state index contributed by atoms with van der Waals surface area (Å²) < 4.78 is 0. The highest BCUT2D eigenvalue weighted by Gasteiger charge is 2.18. The lowest BCUT2D eigenvalue weighted by molar-refractivity contribution is 1.05. The number of anilines is 2. The molecule has 0 unspecified atom stereocenters. The molecule has 6 heteroatoms. The van der Waals surface area contributed by atoms with E-state index in [1.165, 1.54) is 15.5 Å². The van der Waals surface area contributed by atoms with Gasteiger partial charge in [0.25, 0.3) is 0 Å². The second-order valence-electron chi connectivity index (χ2n) is 4.57. The number of hydrogen-bond donors (Lipinski definition) is 1. The molecule has 3 heterocycles. The van der Waals surface area contributed by atoms with Gasteiger partial charge in [0.05, 0.1) is 10.7 Å². The molecule has 0 atom stereocenters. The van der Waals surface area contributed by atoms with E-state index in [1.54, 1.807) is 24.2 Å². The van der Waals surface area contributed by atoms with Gasteiger partial charge >= 0.3 is 0 Å². The number of nitrogens with one attached hydrogen (secondary N) is 1. The first-order valence-corrected chi connectivity index (χ1v) is 8.24. The van der Waals surface area contributed by atoms with Crippen molar-refractivity contribution in [2.75, 3.05) is 17.6 Å². The van der Waals surface area contributed by atoms with Crippen molar-refractivity contribution in [3.63, 3.8) is 0 Å². The van der Waals surface area contributed by atoms with Crippen LogP contribution in [0.15, 0.2) is 45.5 Å². The van der Waals surface area contributed by atoms with E-state index in [0.717, 1.165) is 35.2 Å². The lowest BCUT2D eigenvalue weighted by atomic mass is 10.1. The maximum Gasteiger partial charge on any atom is 0.163 e. The molecule has 1 N–H and O–H groups in total. The first kappa shape index (κ1) is 12.2. The minimum absolute atomic E-state index is 0.842. The summed E-state index contributed by atoms with van der Waals surface area (Å²) >= 11 is 3.53. The van der Waals surface area contributed by atoms with Crippen LogP contribution in [0.25, 0.3) is 0 Å². The third kappa shape index (κ3) is 2.29. The largest absolute Gasteiger partial charge is 0.337 e. The Balaban J connectivity index is 1.62. The van der Waals surface area contributed by atoms with E-state index in [4.69, 9.17) is 0 Å². The Morgan fingerprint density at radius 1 is 1.20 bits per heavy atom. The average Bonchev–Trinajstić information content (AvgIpc) is 2.98. The van der Waals surface area contributed by atoms with Crippen molar-refractivity contribution >= 4 is 40.1 Å². The normalized spacial score (nSPS) is 16.1. The van der Waals surface area contributed by atoms with Crippen LogP contribution in [0, 0.1) is 0 Å². The van der Waals surface area contributed by atoms with Crippen molar-refractivity contribution in [3.05, 3.63) is 36.2 Å². The number of benzene rings is 1. The Morgan fingerprint density at radius 3 is 3.05 bits per heavy atom. The zero-order valence-corrected chi connectivity index (χ0v) is 12.3. The number of aliphatic imine (C=N–C) groups is 1. The fourth-order valence-corrected chi connectivity index (χ4v) is 4.00. The molecule has 20 heavy (non-hydrogen) atoms. The van der Waals surface area contributed by atoms with Crippen LogP contribution in [-0.2, 0) is 6.42 Å². The quantitative estimate of drug-likeness (QED) is 0.786. The average molecular weight is 300 g/mol. The smallest absolute Gasteiger partial charge is 0.163 e. The molecule has 1 aromatic carbocycles. The lowest BCUT2D eigenvalue weighted by Gasteiger charge is -2.19. The Kier molecular flexibility index (Phi) is 3.12. The van der Waals surface area contributed by atoms with Crippen LogP contribution >= 0.6 is 23.5 Å². The van der Waals surface area contributed by atoms with Crippen LogP contribution in [0.1, 0.15) is 5.56 Å². The van der Waals surface area contributed by atoms with Gasteiger partial charge in [0.1, 0.15) is 5.03 Å². The maximum absolute atomic E-state index is 4.51. The summed E-state index contributed by atoms with van der Waals surface area (Å²) in [6.45, 7) is 0.960. The summed E-state index contributed by atoms with van der Waals surface area (Å²) in [5, 5.41) is 5.54. The number of thioether (sulfide) groups is 1. The molecule has 4 rings (SSSR count). The van der Waals surface area contributed by atoms with Gasteiger partial charge in [-0.3, -0.25) is 4.99 Å². The SMILES string of the molecule is c1cnc2c(n1)Nc1cc(CC3=NCCS3)ccc1S2. The third-order valence-corrected chi connectivity index (χ3v) is 5.23. The summed E-state index contributed by atoms with van der Waals surface area (Å²) in [7, 11) is 0. The van der Waals surface area contributed by atoms with Crippen molar-refractivity contribution in [1.29, 1.82) is 0 Å². The fraction of sp³-hybridized carbons (Fsp3) is 0.214. The van der Waals surface area contributed by atoms with Crippen LogP contribution in [0.4, 0.5) is 11.5 Å². The predicted molar refractivity (Wildman–Crippen MR) is 84.3 cm³/mol. The first-order chi connectivity index (χ1) is 9.88. The molecule has 0 radical (unpaired) electrons. The van der Waals surface area contributed by atoms with Gasteiger partial charge in [0, 0.05) is 36.0 Å². The minimum Gasteiger partial charge on any atom is -0.337 e. The minimum atomic E-state index is 0.842. The summed E-state index contributed by atoms with van der Waals surface area (Å²) in [5.41, 5.74) is 2.40. The fourth-order valence-electron chi connectivity index (χ4n) is 2.25. The van der Waals surface area contributed by atoms with Gasteiger partial charge in [0.15, 0.2) is 5.82 Å². The molecule has 0 aliphatic carbocycles. The predicted octanol–water partition coefficient (Wildman–Crippen LogP) is 3.37. The molecule has 2 aliphatic rings. The Morgan fingerprint density at radius 2 is 2.15 bits per heavy atom. The van der Waals surface area contributed by atoms with Gasteiger partial charge in [-0.05, 0) is 17.7 Å². The van der Waals surface area contributed by atoms with Crippen molar-refractivity contribution < 1.29 is 0 Å². The Hall–Kier alpha value is -1.53. The topological polar surface area (TPSA) is 50.2 Å². The maximum atomic E-state index is 4.51. The number of aromatic nitrogens is 2. The number of fused-ring (bicyclic) bond motifs is 2. The van der Waals surface area contributed by atoms with E-state index in [0.29, 0.717) is 0 Å². The molecule has 0 spiro atoms. The highest BCUT2D eigenvalue weighted by Crippen LogP contribution is 2.42. The van der Waals surface area contributed by atoms with Crippen molar-refractivity contribution in [2.45, 2.75) is 16.3 Å². The number of rotatable bonds is 2. The summed E-state index contributed by atoms with van der Waals surface area (Å²) in [6.07, 6.45) is 4.37. The summed E-state index contributed by atoms with van der Waals surface area (Å²) in [4.78, 5) is 14.4. The van der Waals surface area contributed by atoms with E-state index in [-0.39, 0.29) is 0 Å². The van der Waals surface area contributed by atoms with Crippen molar-refractivity contribution in [1.82, 2.24) is 9.97 Å². The van der Waals surface area contributed by atoms with E-state index in [1.807, 2.05) is 11.8 Å². The molecule has 0 saturated heterocycles. The first-order valence-electron chi connectivity index (χ1n) is 6.43. The van der Waals surface area contributed by atoms with Gasteiger partial charge in [-0.15, -0.1) is 11.8 Å². The van der Waals surface area contributed by atoms with Crippen molar-refractivity contribution in [2.24, 2.45) is 4.99 Å². The second-order valence-corrected chi connectivity index (χ2v) is 6.77. The van der Waals surface area contributed by atoms with Gasteiger partial charge in [-0.25, -0.2) is 9.97 Å². The molecule has 2 aromatic rings. The monoisotopic (exact) mass is 300 g/mol. The number of nitrogens with zero attached hydrogens (tertiary/aromatic N) is 3. The second kappa shape index (κ2) is 5.10. The Labute approximate surface area is 125 Å². The summed E-state index contributed by atoms with van der Waals surface area (Å²) in [6, 6.07) is 6.53. The van der Waals surface area contributed by atoms with Crippen LogP contribution in [0.2, 0.25) is 0 Å². The van der Waals surface area contributed by atoms with Crippen LogP contribution in [-0.4, -0.2) is 27.3 Å². The van der Waals surface area contributed by atoms with Gasteiger partial charge in [0.2, 0.25) is 0 Å². The van der Waals surface area contributed by atoms with E-state index < -0.39 is 0 Å². The molecular weight excluding hydrogens is 288 g/mol. The molecule has 0 saturated carbocycles. The highest BCUT2D eigenvalue weighted by molar-refractivity contribution is 8.14. The molecule has 100 valence electrons. The van der Waals surface area contributed by atoms with Crippen LogP contribution in [0.5, 0.6) is 0 Å². The molecule has 0 fully saturated rings. The zero-order chi connectivity index (χ0) is 13.4. The standard InChI is InChI=1S/C14H12N4S2/c1-2-11-10(7-9(1)8-12-15-5-6-19-12)18-13-14(20-11)17-4-3-16-13/h1-4,7H,5-6,8H2,(H,16,18). The van der Waals surface area contributed by atoms with Gasteiger partial charge in [-0.2, -0.15) is 0 Å². The Bertz CT molecular complexity index is 699. The van der Waals surface area contributed by atoms with Crippen molar-refractivity contribution in [3.8, 4) is 0 Å². The van der Waals surface area contributed by atoms with Crippen LogP contribution in [0.3, 0.4) is 0 Å². The number of hydrogen-bond acceptors (Lipinski definition) is 6. The molecule has 0 amide bonds. The summed E-state index contributed by atoms with van der Waals surface area (Å²) in [5.74, 6) is 1.96. The van der Waals surface area contributed by atoms with Gasteiger partial charge in [-0.1, -0.05) is 17.8 Å². The van der Waals surface area contributed by atoms with Gasteiger partial charge < -0.3 is 5.32 Å². The molecule has 1 aromatic heterocycles. The van der Waals surface area contributed by atoms with E-state index in [9.17, 15) is 0 Å².